The number of carboxylic acid groups (broad SMARTS) is 1. The van der Waals surface area contributed by atoms with Crippen molar-refractivity contribution < 1.29 is 9.90 Å². The zero-order valence-corrected chi connectivity index (χ0v) is 14.2. The van der Waals surface area contributed by atoms with Crippen molar-refractivity contribution in [1.82, 2.24) is 4.98 Å². The molecule has 94 valence electrons. The molecule has 0 spiro atoms. The first-order chi connectivity index (χ1) is 8.47. The van der Waals surface area contributed by atoms with Crippen molar-refractivity contribution in [3.8, 4) is 0 Å². The molecule has 0 saturated heterocycles. The molecule has 0 aliphatic carbocycles. The summed E-state index contributed by atoms with van der Waals surface area (Å²) < 4.78 is 2.61. The minimum absolute atomic E-state index is 0.0341. The first-order valence-corrected chi connectivity index (χ1v) is 7.83. The number of thiazole rings is 1. The van der Waals surface area contributed by atoms with E-state index in [1.807, 2.05) is 12.1 Å². The molecule has 2 rings (SSSR count). The molecule has 1 heterocycles. The van der Waals surface area contributed by atoms with E-state index in [2.05, 4.69) is 58.1 Å². The van der Waals surface area contributed by atoms with E-state index in [0.717, 1.165) is 19.1 Å². The summed E-state index contributed by atoms with van der Waals surface area (Å²) in [7, 11) is 0. The largest absolute Gasteiger partial charge is 0.476 e. The molecule has 0 aliphatic heterocycles. The van der Waals surface area contributed by atoms with E-state index < -0.39 is 5.97 Å². The van der Waals surface area contributed by atoms with E-state index >= 15 is 0 Å². The maximum absolute atomic E-state index is 10.7. The van der Waals surface area contributed by atoms with E-state index in [1.54, 1.807) is 0 Å². The molecule has 4 nitrogen and oxygen atoms in total. The molecule has 1 aromatic carbocycles. The molecular formula is C10H5Br3N2O2S. The van der Waals surface area contributed by atoms with Crippen LogP contribution in [0.5, 0.6) is 0 Å². The monoisotopic (exact) mass is 454 g/mol. The van der Waals surface area contributed by atoms with Gasteiger partial charge >= 0.3 is 5.97 Å². The Bertz CT molecular complexity index is 592. The summed E-state index contributed by atoms with van der Waals surface area (Å²) in [6.07, 6.45) is 0. The summed E-state index contributed by atoms with van der Waals surface area (Å²) in [6, 6.07) is 3.78. The molecule has 0 unspecified atom stereocenters. The van der Waals surface area contributed by atoms with Crippen LogP contribution in [0.4, 0.5) is 10.8 Å². The van der Waals surface area contributed by atoms with E-state index in [1.165, 1.54) is 16.7 Å². The first-order valence-electron chi connectivity index (χ1n) is 4.58. The number of rotatable bonds is 3. The van der Waals surface area contributed by atoms with Crippen LogP contribution in [0.15, 0.2) is 30.9 Å². The van der Waals surface area contributed by atoms with E-state index in [0.29, 0.717) is 5.13 Å². The zero-order valence-electron chi connectivity index (χ0n) is 8.58. The Morgan fingerprint density at radius 3 is 2.39 bits per heavy atom. The van der Waals surface area contributed by atoms with Crippen molar-refractivity contribution in [2.24, 2.45) is 0 Å². The third-order valence-electron chi connectivity index (χ3n) is 1.96. The van der Waals surface area contributed by atoms with Crippen LogP contribution in [0.1, 0.15) is 10.5 Å². The molecule has 0 saturated carbocycles. The molecule has 18 heavy (non-hydrogen) atoms. The molecule has 1 aromatic heterocycles. The smallest absolute Gasteiger partial charge is 0.355 e. The molecule has 0 atom stereocenters. The number of carboxylic acids is 1. The maximum atomic E-state index is 10.7. The number of hydrogen-bond donors (Lipinski definition) is 2. The Morgan fingerprint density at radius 2 is 1.89 bits per heavy atom. The van der Waals surface area contributed by atoms with Crippen molar-refractivity contribution in [2.75, 3.05) is 5.32 Å². The van der Waals surface area contributed by atoms with Gasteiger partial charge in [0.1, 0.15) is 0 Å². The average molecular weight is 457 g/mol. The van der Waals surface area contributed by atoms with Crippen LogP contribution in [0.3, 0.4) is 0 Å². The highest BCUT2D eigenvalue weighted by molar-refractivity contribution is 9.11. The lowest BCUT2D eigenvalue weighted by Gasteiger charge is -2.08. The number of anilines is 2. The van der Waals surface area contributed by atoms with Gasteiger partial charge in [0.05, 0.1) is 5.69 Å². The summed E-state index contributed by atoms with van der Waals surface area (Å²) in [5.74, 6) is -1.03. The topological polar surface area (TPSA) is 62.2 Å². The Hall–Kier alpha value is -0.440. The Morgan fingerprint density at radius 1 is 1.28 bits per heavy atom. The number of carbonyl (C=O) groups is 1. The molecule has 0 aliphatic rings. The van der Waals surface area contributed by atoms with Crippen LogP contribution in [0.2, 0.25) is 0 Å². The Kier molecular flexibility index (Phi) is 4.41. The minimum atomic E-state index is -1.03. The number of nitrogens with zero attached hydrogens (tertiary/aromatic N) is 1. The number of nitrogens with one attached hydrogen (secondary N) is 1. The third kappa shape index (κ3) is 3.11. The second-order valence-corrected chi connectivity index (χ2v) is 6.69. The van der Waals surface area contributed by atoms with Gasteiger partial charge in [-0.05, 0) is 44.0 Å². The van der Waals surface area contributed by atoms with Gasteiger partial charge in [0.2, 0.25) is 0 Å². The van der Waals surface area contributed by atoms with Gasteiger partial charge in [0.15, 0.2) is 10.8 Å². The minimum Gasteiger partial charge on any atom is -0.476 e. The van der Waals surface area contributed by atoms with Gasteiger partial charge in [-0.25, -0.2) is 9.78 Å². The molecule has 8 heteroatoms. The van der Waals surface area contributed by atoms with Crippen molar-refractivity contribution in [2.45, 2.75) is 0 Å². The summed E-state index contributed by atoms with van der Waals surface area (Å²) in [5, 5.41) is 13.9. The average Bonchev–Trinajstić information content (AvgIpc) is 2.71. The van der Waals surface area contributed by atoms with Crippen molar-refractivity contribution in [1.29, 1.82) is 0 Å². The van der Waals surface area contributed by atoms with Gasteiger partial charge in [0.25, 0.3) is 0 Å². The lowest BCUT2D eigenvalue weighted by molar-refractivity contribution is 0.0691. The number of benzene rings is 1. The highest BCUT2D eigenvalue weighted by Crippen LogP contribution is 2.36. The van der Waals surface area contributed by atoms with Crippen molar-refractivity contribution >= 4 is 75.9 Å². The van der Waals surface area contributed by atoms with Crippen LogP contribution in [-0.4, -0.2) is 16.1 Å². The SMILES string of the molecule is O=C(O)c1csc(Nc2c(Br)cc(Br)cc2Br)n1. The fourth-order valence-corrected chi connectivity index (χ4v) is 4.34. The van der Waals surface area contributed by atoms with Crippen LogP contribution in [0.25, 0.3) is 0 Å². The standard InChI is InChI=1S/C10H5Br3N2O2S/c11-4-1-5(12)8(6(13)2-4)15-10-14-7(3-18-10)9(16)17/h1-3H,(H,14,15)(H,16,17). The van der Waals surface area contributed by atoms with Crippen LogP contribution >= 0.6 is 59.1 Å². The fourth-order valence-electron chi connectivity index (χ4n) is 1.20. The van der Waals surface area contributed by atoms with Crippen molar-refractivity contribution in [3.05, 3.63) is 36.6 Å². The molecule has 0 bridgehead atoms. The molecule has 0 fully saturated rings. The second-order valence-electron chi connectivity index (χ2n) is 3.21. The van der Waals surface area contributed by atoms with E-state index in [9.17, 15) is 4.79 Å². The predicted octanol–water partition coefficient (Wildman–Crippen LogP) is 4.87. The second kappa shape index (κ2) is 5.68. The first kappa shape index (κ1) is 14.0. The predicted molar refractivity (Wildman–Crippen MR) is 81.9 cm³/mol. The summed E-state index contributed by atoms with van der Waals surface area (Å²) >= 11 is 11.5. The van der Waals surface area contributed by atoms with Crippen molar-refractivity contribution in [3.63, 3.8) is 0 Å². The van der Waals surface area contributed by atoms with Crippen LogP contribution < -0.4 is 5.32 Å². The lowest BCUT2D eigenvalue weighted by Crippen LogP contribution is -1.97. The van der Waals surface area contributed by atoms with Gasteiger partial charge in [-0.15, -0.1) is 11.3 Å². The highest BCUT2D eigenvalue weighted by Gasteiger charge is 2.12. The molecule has 0 amide bonds. The third-order valence-corrected chi connectivity index (χ3v) is 4.43. The quantitative estimate of drug-likeness (QED) is 0.691. The number of halogens is 3. The Balaban J connectivity index is 2.31. The summed E-state index contributed by atoms with van der Waals surface area (Å²) in [5.41, 5.74) is 0.830. The fraction of sp³-hybridized carbons (Fsp3) is 0. The van der Waals surface area contributed by atoms with Gasteiger partial charge < -0.3 is 10.4 Å². The number of aromatic carboxylic acids is 1. The molecule has 2 N–H and O–H groups in total. The van der Waals surface area contributed by atoms with Gasteiger partial charge in [-0.3, -0.25) is 0 Å². The lowest BCUT2D eigenvalue weighted by atomic mass is 10.3. The van der Waals surface area contributed by atoms with Crippen LogP contribution in [-0.2, 0) is 0 Å². The zero-order chi connectivity index (χ0) is 13.3. The molecular weight excluding hydrogens is 452 g/mol. The maximum Gasteiger partial charge on any atom is 0.355 e. The summed E-state index contributed by atoms with van der Waals surface area (Å²) in [4.78, 5) is 14.7. The summed E-state index contributed by atoms with van der Waals surface area (Å²) in [6.45, 7) is 0. The molecule has 0 radical (unpaired) electrons. The highest BCUT2D eigenvalue weighted by atomic mass is 79.9. The Labute approximate surface area is 132 Å². The number of aromatic nitrogens is 1. The van der Waals surface area contributed by atoms with Gasteiger partial charge in [0, 0.05) is 18.8 Å². The molecule has 2 aromatic rings. The van der Waals surface area contributed by atoms with E-state index in [-0.39, 0.29) is 5.69 Å². The normalized spacial score (nSPS) is 10.4. The van der Waals surface area contributed by atoms with E-state index in [4.69, 9.17) is 5.11 Å². The number of hydrogen-bond acceptors (Lipinski definition) is 4. The van der Waals surface area contributed by atoms with Gasteiger partial charge in [-0.2, -0.15) is 0 Å². The van der Waals surface area contributed by atoms with Gasteiger partial charge in [-0.1, -0.05) is 15.9 Å². The van der Waals surface area contributed by atoms with Crippen LogP contribution in [0, 0.1) is 0 Å².